The maximum Gasteiger partial charge on any atom is 0.120 e. The summed E-state index contributed by atoms with van der Waals surface area (Å²) in [5.41, 5.74) is 11.0. The molecule has 3 heterocycles. The maximum absolute atomic E-state index is 6.34. The number of nitrogens with zero attached hydrogens (tertiary/aromatic N) is 2. The number of hydrogen-bond donors (Lipinski definition) is 0. The van der Waals surface area contributed by atoms with Gasteiger partial charge in [-0.15, -0.1) is 18.2 Å². The smallest absolute Gasteiger partial charge is 0.120 e. The molecule has 0 saturated heterocycles. The first kappa shape index (κ1) is 37.7. The van der Waals surface area contributed by atoms with Gasteiger partial charge in [0.2, 0.25) is 0 Å². The molecular weight excluding hydrogens is 897 g/mol. The summed E-state index contributed by atoms with van der Waals surface area (Å²) < 4.78 is 7.87. The summed E-state index contributed by atoms with van der Waals surface area (Å²) >= 11 is -1.90. The Labute approximate surface area is 335 Å². The largest absolute Gasteiger partial charge is 0.501 e. The number of para-hydroxylation sites is 2. The molecule has 6 aromatic carbocycles. The van der Waals surface area contributed by atoms with Gasteiger partial charge in [-0.2, -0.15) is 0 Å². The normalized spacial score (nSPS) is 14.0. The third kappa shape index (κ3) is 7.66. The summed E-state index contributed by atoms with van der Waals surface area (Å²) in [7, 11) is 0. The Bertz CT molecular complexity index is 2630. The molecule has 0 bridgehead atoms. The van der Waals surface area contributed by atoms with Crippen molar-refractivity contribution in [2.45, 2.75) is 50.4 Å². The van der Waals surface area contributed by atoms with Crippen LogP contribution in [0.1, 0.15) is 48.9 Å². The summed E-state index contributed by atoms with van der Waals surface area (Å²) in [5, 5.41) is 4.70. The van der Waals surface area contributed by atoms with Crippen molar-refractivity contribution in [1.29, 1.82) is 0 Å². The van der Waals surface area contributed by atoms with Crippen molar-refractivity contribution >= 4 is 61.8 Å². The first-order valence-electron chi connectivity index (χ1n) is 18.5. The molecular formula is C49H44GeIrN2O-2. The van der Waals surface area contributed by atoms with Crippen molar-refractivity contribution in [3.05, 3.63) is 174 Å². The van der Waals surface area contributed by atoms with Crippen molar-refractivity contribution < 1.29 is 24.5 Å². The Balaban J connectivity index is 0.000000180. The number of rotatable bonds is 5. The summed E-state index contributed by atoms with van der Waals surface area (Å²) in [4.78, 5) is 9.83. The maximum atomic E-state index is 6.34. The van der Waals surface area contributed by atoms with E-state index >= 15 is 0 Å². The Kier molecular flexibility index (Phi) is 10.7. The van der Waals surface area contributed by atoms with Crippen molar-refractivity contribution in [1.82, 2.24) is 4.98 Å². The van der Waals surface area contributed by atoms with E-state index in [1.54, 1.807) is 0 Å². The van der Waals surface area contributed by atoms with Gasteiger partial charge < -0.3 is 4.42 Å². The molecule has 0 amide bonds. The number of aliphatic imine (C=N–C) groups is 1. The summed E-state index contributed by atoms with van der Waals surface area (Å²) in [5.74, 6) is 7.36. The van der Waals surface area contributed by atoms with Gasteiger partial charge in [-0.3, -0.25) is 4.99 Å². The van der Waals surface area contributed by atoms with Crippen molar-refractivity contribution in [3.8, 4) is 11.3 Å². The number of benzene rings is 6. The van der Waals surface area contributed by atoms with Crippen LogP contribution in [0.3, 0.4) is 0 Å². The average molecular weight is 942 g/mol. The predicted molar refractivity (Wildman–Crippen MR) is 226 cm³/mol. The minimum Gasteiger partial charge on any atom is -0.501 e. The zero-order valence-corrected chi connectivity index (χ0v) is 36.2. The fraction of sp³-hybridized carbons (Fsp3) is 0.184. The van der Waals surface area contributed by atoms with Crippen LogP contribution in [-0.4, -0.2) is 24.0 Å². The Morgan fingerprint density at radius 1 is 0.722 bits per heavy atom. The molecule has 54 heavy (non-hydrogen) atoms. The van der Waals surface area contributed by atoms with Crippen molar-refractivity contribution in [2.75, 3.05) is 0 Å². The Hall–Kier alpha value is -4.61. The summed E-state index contributed by atoms with van der Waals surface area (Å²) in [6.07, 6.45) is 3.24. The van der Waals surface area contributed by atoms with Crippen molar-refractivity contribution in [3.63, 3.8) is 0 Å². The first-order valence-corrected chi connectivity index (χ1v) is 25.8. The molecule has 3 nitrogen and oxygen atoms in total. The third-order valence-corrected chi connectivity index (χ3v) is 14.3. The zero-order valence-electron chi connectivity index (χ0n) is 31.7. The number of aromatic nitrogens is 1. The second kappa shape index (κ2) is 15.3. The van der Waals surface area contributed by atoms with E-state index in [-0.39, 0.29) is 26.0 Å². The molecule has 8 aromatic rings. The second-order valence-electron chi connectivity index (χ2n) is 16.3. The van der Waals surface area contributed by atoms with E-state index in [1.807, 2.05) is 42.5 Å². The molecule has 5 heteroatoms. The number of furan rings is 1. The van der Waals surface area contributed by atoms with E-state index in [9.17, 15) is 0 Å². The van der Waals surface area contributed by atoms with Gasteiger partial charge in [-0.05, 0) is 39.7 Å². The molecule has 1 atom stereocenters. The van der Waals surface area contributed by atoms with Gasteiger partial charge >= 0.3 is 132 Å². The standard InChI is InChI=1S/C30H18NO.C19H26GeN.Ir/c1-2-9-20-18-21(17-16-19(20)8-1)28-24-11-3-5-14-26(24)31-29(28)25-13-7-12-23-22-10-4-6-15-27(22)32-30(23)25;1-19(2,3)13-16-12-18(15-10-8-7-9-11-15)21-14-17(16)20(4,5)6;/h1-12,14-18,28H;7-10,12,14H,13H2,1-6H3;/q2*-1;. The van der Waals surface area contributed by atoms with E-state index in [2.05, 4.69) is 147 Å². The average Bonchev–Trinajstić information content (AvgIpc) is 3.73. The van der Waals surface area contributed by atoms with E-state index < -0.39 is 13.3 Å². The monoisotopic (exact) mass is 943 g/mol. The Morgan fingerprint density at radius 3 is 2.24 bits per heavy atom. The molecule has 0 fully saturated rings. The molecule has 0 saturated carbocycles. The fourth-order valence-corrected chi connectivity index (χ4v) is 10.9. The SMILES string of the molecule is CC(C)(C)Cc1cc(-c2[c-]cccc2)nc[c]1[Ge]([CH3])([CH3])[CH3].[Ir].[c-]1ccc2c(oc3ccccc32)c1C1=Nc2ccccc2C1c1ccc2ccccc2c1. The van der Waals surface area contributed by atoms with Gasteiger partial charge in [0.1, 0.15) is 5.58 Å². The van der Waals surface area contributed by atoms with Gasteiger partial charge in [0.25, 0.3) is 0 Å². The predicted octanol–water partition coefficient (Wildman–Crippen LogP) is 12.5. The summed E-state index contributed by atoms with van der Waals surface area (Å²) in [6, 6.07) is 53.0. The minimum atomic E-state index is -1.90. The molecule has 2 aromatic heterocycles. The molecule has 271 valence electrons. The number of hydrogen-bond acceptors (Lipinski definition) is 3. The van der Waals surface area contributed by atoms with Crippen LogP contribution in [0.25, 0.3) is 44.0 Å². The summed E-state index contributed by atoms with van der Waals surface area (Å²) in [6.45, 7) is 6.92. The van der Waals surface area contributed by atoms with Crippen LogP contribution in [0.5, 0.6) is 0 Å². The Morgan fingerprint density at radius 2 is 1.46 bits per heavy atom. The molecule has 1 radical (unpaired) electrons. The van der Waals surface area contributed by atoms with Gasteiger partial charge in [-0.1, -0.05) is 89.8 Å². The number of fused-ring (bicyclic) bond motifs is 5. The fourth-order valence-electron chi connectivity index (χ4n) is 7.57. The van der Waals surface area contributed by atoms with Crippen LogP contribution in [0.2, 0.25) is 17.3 Å². The van der Waals surface area contributed by atoms with E-state index in [4.69, 9.17) is 14.4 Å². The molecule has 1 unspecified atom stereocenters. The zero-order chi connectivity index (χ0) is 36.7. The first-order chi connectivity index (χ1) is 25.5. The van der Waals surface area contributed by atoms with Gasteiger partial charge in [0.05, 0.1) is 11.3 Å². The van der Waals surface area contributed by atoms with E-state index in [0.29, 0.717) is 5.41 Å². The van der Waals surface area contributed by atoms with E-state index in [0.717, 1.165) is 56.6 Å². The third-order valence-electron chi connectivity index (χ3n) is 9.97. The molecule has 0 spiro atoms. The van der Waals surface area contributed by atoms with Crippen LogP contribution in [0.4, 0.5) is 5.69 Å². The van der Waals surface area contributed by atoms with Crippen LogP contribution in [0, 0.1) is 17.5 Å². The van der Waals surface area contributed by atoms with Crippen LogP contribution < -0.4 is 4.40 Å². The molecule has 1 aliphatic heterocycles. The van der Waals surface area contributed by atoms with Gasteiger partial charge in [0.15, 0.2) is 0 Å². The molecule has 1 aliphatic rings. The van der Waals surface area contributed by atoms with Gasteiger partial charge in [-0.25, -0.2) is 0 Å². The van der Waals surface area contributed by atoms with Crippen molar-refractivity contribution in [2.24, 2.45) is 10.4 Å². The quantitative estimate of drug-likeness (QED) is 0.127. The molecule has 0 aliphatic carbocycles. The second-order valence-corrected chi connectivity index (χ2v) is 26.9. The van der Waals surface area contributed by atoms with E-state index in [1.165, 1.54) is 31.9 Å². The van der Waals surface area contributed by atoms with Crippen LogP contribution >= 0.6 is 0 Å². The van der Waals surface area contributed by atoms with Gasteiger partial charge in [0, 0.05) is 31.4 Å². The topological polar surface area (TPSA) is 38.4 Å². The van der Waals surface area contributed by atoms with Crippen LogP contribution in [0.15, 0.2) is 149 Å². The number of pyridine rings is 1. The molecule has 0 N–H and O–H groups in total. The minimum absolute atomic E-state index is 0. The van der Waals surface area contributed by atoms with Crippen LogP contribution in [-0.2, 0) is 26.5 Å². The molecule has 9 rings (SSSR count).